The molecule has 0 N–H and O–H groups in total. The number of hydrogen-bond donors (Lipinski definition) is 0. The van der Waals surface area contributed by atoms with Gasteiger partial charge in [0.25, 0.3) is 0 Å². The Kier molecular flexibility index (Phi) is 1.72. The Balaban J connectivity index is 0.000000405. The first-order valence-electron chi connectivity index (χ1n) is 3.03. The lowest BCUT2D eigenvalue weighted by Gasteiger charge is -2.16. The van der Waals surface area contributed by atoms with E-state index in [9.17, 15) is 0 Å². The summed E-state index contributed by atoms with van der Waals surface area (Å²) in [4.78, 5) is 0. The highest BCUT2D eigenvalue weighted by atomic mass is 28.1. The van der Waals surface area contributed by atoms with Crippen LogP contribution in [0.15, 0.2) is 24.3 Å². The van der Waals surface area contributed by atoms with E-state index in [0.717, 1.165) is 0 Å². The molecule has 1 aromatic carbocycles. The first-order valence-corrected chi connectivity index (χ1v) is 3.03. The van der Waals surface area contributed by atoms with Gasteiger partial charge in [0.2, 0.25) is 0 Å². The summed E-state index contributed by atoms with van der Waals surface area (Å²) < 4.78 is 0. The van der Waals surface area contributed by atoms with E-state index in [1.54, 1.807) is 11.1 Å². The molecule has 0 unspecified atom stereocenters. The summed E-state index contributed by atoms with van der Waals surface area (Å²) in [6.45, 7) is 0. The summed E-state index contributed by atoms with van der Waals surface area (Å²) in [5.41, 5.74) is 3.10. The maximum Gasteiger partial charge on any atom is 0 e. The molecule has 0 atom stereocenters. The van der Waals surface area contributed by atoms with Crippen LogP contribution in [0.5, 0.6) is 0 Å². The van der Waals surface area contributed by atoms with Gasteiger partial charge in [0.05, 0.1) is 0 Å². The summed E-state index contributed by atoms with van der Waals surface area (Å²) in [7, 11) is 0. The Morgan fingerprint density at radius 1 is 0.889 bits per heavy atom. The van der Waals surface area contributed by atoms with Crippen molar-refractivity contribution >= 4 is 11.0 Å². The van der Waals surface area contributed by atoms with Crippen molar-refractivity contribution in [3.63, 3.8) is 0 Å². The fourth-order valence-corrected chi connectivity index (χ4v) is 1.14. The van der Waals surface area contributed by atoms with Crippen LogP contribution in [0.3, 0.4) is 0 Å². The van der Waals surface area contributed by atoms with E-state index in [1.807, 2.05) is 0 Å². The van der Waals surface area contributed by atoms with E-state index in [1.165, 1.54) is 12.8 Å². The van der Waals surface area contributed by atoms with E-state index < -0.39 is 0 Å². The largest absolute Gasteiger partial charge is 0.0620 e. The molecule has 4 radical (unpaired) electrons. The van der Waals surface area contributed by atoms with E-state index >= 15 is 0 Å². The molecule has 0 spiro atoms. The lowest BCUT2D eigenvalue weighted by Crippen LogP contribution is -2.06. The maximum absolute atomic E-state index is 2.21. The second-order valence-corrected chi connectivity index (χ2v) is 2.27. The molecule has 2 rings (SSSR count). The topological polar surface area (TPSA) is 0 Å². The van der Waals surface area contributed by atoms with Gasteiger partial charge in [0.1, 0.15) is 0 Å². The predicted octanol–water partition coefficient (Wildman–Crippen LogP) is 1.40. The van der Waals surface area contributed by atoms with Crippen molar-refractivity contribution in [1.29, 1.82) is 0 Å². The van der Waals surface area contributed by atoms with Crippen molar-refractivity contribution in [2.75, 3.05) is 0 Å². The molecular formula is C8H8Si. The van der Waals surface area contributed by atoms with Crippen LogP contribution in [0.2, 0.25) is 0 Å². The van der Waals surface area contributed by atoms with Crippen LogP contribution >= 0.6 is 0 Å². The third kappa shape index (κ3) is 0.923. The summed E-state index contributed by atoms with van der Waals surface area (Å²) in [5, 5.41) is 0. The molecule has 44 valence electrons. The highest BCUT2D eigenvalue weighted by molar-refractivity contribution is 5.75. The Bertz CT molecular complexity index is 182. The smallest absolute Gasteiger partial charge is 0 e. The average Bonchev–Trinajstić information content (AvgIpc) is 1.72. The lowest BCUT2D eigenvalue weighted by atomic mass is 9.89. The zero-order valence-electron chi connectivity index (χ0n) is 5.22. The number of benzene rings is 1. The summed E-state index contributed by atoms with van der Waals surface area (Å²) in [6.07, 6.45) is 2.60. The van der Waals surface area contributed by atoms with Crippen LogP contribution in [0.4, 0.5) is 0 Å². The van der Waals surface area contributed by atoms with Gasteiger partial charge in [0, 0.05) is 11.0 Å². The Morgan fingerprint density at radius 3 is 1.56 bits per heavy atom. The Morgan fingerprint density at radius 2 is 1.33 bits per heavy atom. The Hall–Kier alpha value is -0.563. The third-order valence-corrected chi connectivity index (χ3v) is 1.78. The number of aryl methyl sites for hydroxylation is 2. The minimum Gasteiger partial charge on any atom is -0.0620 e. The summed E-state index contributed by atoms with van der Waals surface area (Å²) in [5.74, 6) is 0. The van der Waals surface area contributed by atoms with Crippen LogP contribution in [0, 0.1) is 0 Å². The van der Waals surface area contributed by atoms with Gasteiger partial charge in [0.15, 0.2) is 0 Å². The molecule has 0 amide bonds. The fourth-order valence-electron chi connectivity index (χ4n) is 1.14. The molecule has 0 saturated heterocycles. The minimum atomic E-state index is 0. The van der Waals surface area contributed by atoms with Crippen LogP contribution in [0.25, 0.3) is 0 Å². The molecule has 0 fully saturated rings. The van der Waals surface area contributed by atoms with E-state index in [-0.39, 0.29) is 11.0 Å². The quantitative estimate of drug-likeness (QED) is 0.468. The molecule has 1 aliphatic rings. The van der Waals surface area contributed by atoms with E-state index in [2.05, 4.69) is 24.3 Å². The standard InChI is InChI=1S/C8H8.Si/c1-2-4-8-6-5-7(8)3-1;/h1-4H,5-6H2;. The average molecular weight is 132 g/mol. The van der Waals surface area contributed by atoms with Crippen molar-refractivity contribution in [2.24, 2.45) is 0 Å². The van der Waals surface area contributed by atoms with Gasteiger partial charge in [-0.3, -0.25) is 0 Å². The summed E-state index contributed by atoms with van der Waals surface area (Å²) >= 11 is 0. The van der Waals surface area contributed by atoms with Crippen LogP contribution < -0.4 is 0 Å². The molecule has 0 nitrogen and oxygen atoms in total. The van der Waals surface area contributed by atoms with Gasteiger partial charge in [-0.15, -0.1) is 0 Å². The highest BCUT2D eigenvalue weighted by Crippen LogP contribution is 2.20. The Labute approximate surface area is 59.9 Å². The number of hydrogen-bond acceptors (Lipinski definition) is 0. The SMILES string of the molecule is [Si].c1ccc2c(c1)CC2. The molecule has 0 bridgehead atoms. The number of fused-ring (bicyclic) bond motifs is 1. The number of rotatable bonds is 0. The maximum atomic E-state index is 2.21. The second-order valence-electron chi connectivity index (χ2n) is 2.27. The second kappa shape index (κ2) is 2.36. The van der Waals surface area contributed by atoms with Crippen molar-refractivity contribution in [1.82, 2.24) is 0 Å². The molecule has 0 aliphatic heterocycles. The normalized spacial score (nSPS) is 12.9. The molecule has 0 aromatic heterocycles. The molecule has 0 saturated carbocycles. The zero-order valence-corrected chi connectivity index (χ0v) is 6.22. The van der Waals surface area contributed by atoms with Crippen molar-refractivity contribution < 1.29 is 0 Å². The van der Waals surface area contributed by atoms with Gasteiger partial charge in [-0.1, -0.05) is 24.3 Å². The first kappa shape index (κ1) is 6.56. The fraction of sp³-hybridized carbons (Fsp3) is 0.250. The lowest BCUT2D eigenvalue weighted by molar-refractivity contribution is 0.839. The van der Waals surface area contributed by atoms with Gasteiger partial charge >= 0.3 is 0 Å². The molecule has 1 heteroatoms. The van der Waals surface area contributed by atoms with E-state index in [4.69, 9.17) is 0 Å². The highest BCUT2D eigenvalue weighted by Gasteiger charge is 2.09. The monoisotopic (exact) mass is 132 g/mol. The van der Waals surface area contributed by atoms with Crippen molar-refractivity contribution in [2.45, 2.75) is 12.8 Å². The van der Waals surface area contributed by atoms with Gasteiger partial charge < -0.3 is 0 Å². The van der Waals surface area contributed by atoms with Gasteiger partial charge in [-0.25, -0.2) is 0 Å². The van der Waals surface area contributed by atoms with Crippen molar-refractivity contribution in [3.05, 3.63) is 35.4 Å². The molecular weight excluding hydrogens is 124 g/mol. The van der Waals surface area contributed by atoms with Crippen LogP contribution in [0.1, 0.15) is 11.1 Å². The summed E-state index contributed by atoms with van der Waals surface area (Å²) in [6, 6.07) is 8.63. The molecule has 9 heavy (non-hydrogen) atoms. The molecule has 1 aromatic rings. The van der Waals surface area contributed by atoms with Gasteiger partial charge in [-0.2, -0.15) is 0 Å². The van der Waals surface area contributed by atoms with Crippen LogP contribution in [-0.4, -0.2) is 11.0 Å². The third-order valence-electron chi connectivity index (χ3n) is 1.78. The zero-order chi connectivity index (χ0) is 5.40. The van der Waals surface area contributed by atoms with E-state index in [0.29, 0.717) is 0 Å². The van der Waals surface area contributed by atoms with Crippen LogP contribution in [-0.2, 0) is 12.8 Å². The predicted molar refractivity (Wildman–Crippen MR) is 39.6 cm³/mol. The minimum absolute atomic E-state index is 0. The van der Waals surface area contributed by atoms with Crippen molar-refractivity contribution in [3.8, 4) is 0 Å². The van der Waals surface area contributed by atoms with Gasteiger partial charge in [-0.05, 0) is 24.0 Å². The molecule has 1 aliphatic carbocycles. The first-order chi connectivity index (χ1) is 3.97. The molecule has 0 heterocycles.